The molecule has 3 rings (SSSR count). The van der Waals surface area contributed by atoms with Crippen molar-refractivity contribution in [3.8, 4) is 0 Å². The number of carboxylic acid groups (broad SMARTS) is 1. The number of fused-ring (bicyclic) bond motifs is 1. The number of aromatic amines is 1. The second-order valence-electron chi connectivity index (χ2n) is 6.32. The zero-order valence-electron chi connectivity index (χ0n) is 13.9. The lowest BCUT2D eigenvalue weighted by Gasteiger charge is -2.33. The summed E-state index contributed by atoms with van der Waals surface area (Å²) in [4.78, 5) is 44.3. The standard InChI is InChI=1S/C18H21N3O4/c22-16(21-11-4-3-8-14(21)18(24)25)10-5-9-15-19-13-7-2-1-6-12(13)17(23)20-15/h1-2,6-7,14H,3-5,8-11H2,(H,24,25)(H,19,20,23). The van der Waals surface area contributed by atoms with Gasteiger partial charge in [-0.3, -0.25) is 9.59 Å². The number of amides is 1. The van der Waals surface area contributed by atoms with Gasteiger partial charge in [-0.2, -0.15) is 0 Å². The number of carbonyl (C=O) groups is 2. The highest BCUT2D eigenvalue weighted by molar-refractivity contribution is 5.83. The number of H-pyrrole nitrogens is 1. The first kappa shape index (κ1) is 17.1. The Bertz CT molecular complexity index is 846. The van der Waals surface area contributed by atoms with Gasteiger partial charge in [-0.05, 0) is 37.8 Å². The maximum Gasteiger partial charge on any atom is 0.326 e. The number of nitrogens with one attached hydrogen (secondary N) is 1. The van der Waals surface area contributed by atoms with E-state index in [0.29, 0.717) is 42.5 Å². The molecular formula is C18H21N3O4. The Balaban J connectivity index is 1.61. The molecular weight excluding hydrogens is 322 g/mol. The summed E-state index contributed by atoms with van der Waals surface area (Å²) in [5.41, 5.74) is 0.448. The third-order valence-electron chi connectivity index (χ3n) is 4.57. The van der Waals surface area contributed by atoms with E-state index in [1.54, 1.807) is 18.2 Å². The summed E-state index contributed by atoms with van der Waals surface area (Å²) >= 11 is 0. The van der Waals surface area contributed by atoms with Crippen LogP contribution in [0.3, 0.4) is 0 Å². The van der Waals surface area contributed by atoms with Crippen LogP contribution in [-0.4, -0.2) is 44.4 Å². The Morgan fingerprint density at radius 1 is 1.28 bits per heavy atom. The van der Waals surface area contributed by atoms with Crippen LogP contribution in [0.15, 0.2) is 29.1 Å². The van der Waals surface area contributed by atoms with Gasteiger partial charge in [-0.25, -0.2) is 9.78 Å². The fourth-order valence-corrected chi connectivity index (χ4v) is 3.29. The minimum Gasteiger partial charge on any atom is -0.480 e. The molecule has 1 amide bonds. The fourth-order valence-electron chi connectivity index (χ4n) is 3.29. The number of carboxylic acids is 1. The van der Waals surface area contributed by atoms with E-state index in [-0.39, 0.29) is 17.9 Å². The minimum absolute atomic E-state index is 0.143. The first-order valence-corrected chi connectivity index (χ1v) is 8.56. The van der Waals surface area contributed by atoms with Crippen molar-refractivity contribution < 1.29 is 14.7 Å². The van der Waals surface area contributed by atoms with Gasteiger partial charge in [0.2, 0.25) is 5.91 Å². The number of aryl methyl sites for hydroxylation is 1. The summed E-state index contributed by atoms with van der Waals surface area (Å²) in [6.45, 7) is 0.501. The molecule has 7 nitrogen and oxygen atoms in total. The van der Waals surface area contributed by atoms with Gasteiger partial charge in [0.05, 0.1) is 10.9 Å². The van der Waals surface area contributed by atoms with Gasteiger partial charge in [0.25, 0.3) is 5.56 Å². The van der Waals surface area contributed by atoms with Crippen LogP contribution in [0.1, 0.15) is 37.9 Å². The molecule has 2 heterocycles. The van der Waals surface area contributed by atoms with Crippen LogP contribution in [0, 0.1) is 0 Å². The van der Waals surface area contributed by atoms with E-state index in [1.165, 1.54) is 4.90 Å². The van der Waals surface area contributed by atoms with E-state index >= 15 is 0 Å². The number of hydrogen-bond acceptors (Lipinski definition) is 4. The van der Waals surface area contributed by atoms with Crippen molar-refractivity contribution in [1.29, 1.82) is 0 Å². The van der Waals surface area contributed by atoms with Crippen LogP contribution in [0.4, 0.5) is 0 Å². The Labute approximate surface area is 144 Å². The molecule has 1 aromatic carbocycles. The van der Waals surface area contributed by atoms with Crippen molar-refractivity contribution in [2.24, 2.45) is 0 Å². The molecule has 132 valence electrons. The Morgan fingerprint density at radius 2 is 2.08 bits per heavy atom. The molecule has 1 unspecified atom stereocenters. The van der Waals surface area contributed by atoms with E-state index in [0.717, 1.165) is 12.8 Å². The average molecular weight is 343 g/mol. The molecule has 7 heteroatoms. The number of para-hydroxylation sites is 1. The molecule has 0 radical (unpaired) electrons. The van der Waals surface area contributed by atoms with E-state index in [4.69, 9.17) is 0 Å². The molecule has 1 atom stereocenters. The Morgan fingerprint density at radius 3 is 2.88 bits per heavy atom. The number of nitrogens with zero attached hydrogens (tertiary/aromatic N) is 2. The number of rotatable bonds is 5. The predicted octanol–water partition coefficient (Wildman–Crippen LogP) is 1.71. The number of hydrogen-bond donors (Lipinski definition) is 2. The minimum atomic E-state index is -0.937. The molecule has 1 aliphatic rings. The summed E-state index contributed by atoms with van der Waals surface area (Å²) in [6, 6.07) is 6.40. The normalized spacial score (nSPS) is 17.6. The molecule has 1 saturated heterocycles. The number of carbonyl (C=O) groups excluding carboxylic acids is 1. The highest BCUT2D eigenvalue weighted by atomic mass is 16.4. The molecule has 1 fully saturated rings. The van der Waals surface area contributed by atoms with E-state index < -0.39 is 12.0 Å². The van der Waals surface area contributed by atoms with Gasteiger partial charge < -0.3 is 15.0 Å². The largest absolute Gasteiger partial charge is 0.480 e. The van der Waals surface area contributed by atoms with E-state index in [9.17, 15) is 19.5 Å². The summed E-state index contributed by atoms with van der Waals surface area (Å²) < 4.78 is 0. The molecule has 25 heavy (non-hydrogen) atoms. The first-order chi connectivity index (χ1) is 12.1. The monoisotopic (exact) mass is 343 g/mol. The summed E-state index contributed by atoms with van der Waals surface area (Å²) in [5, 5.41) is 9.79. The summed E-state index contributed by atoms with van der Waals surface area (Å²) in [7, 11) is 0. The molecule has 1 aromatic heterocycles. The number of likely N-dealkylation sites (tertiary alicyclic amines) is 1. The average Bonchev–Trinajstić information content (AvgIpc) is 2.61. The first-order valence-electron chi connectivity index (χ1n) is 8.56. The maximum absolute atomic E-state index is 12.4. The van der Waals surface area contributed by atoms with Gasteiger partial charge in [-0.15, -0.1) is 0 Å². The van der Waals surface area contributed by atoms with Crippen LogP contribution in [-0.2, 0) is 16.0 Å². The lowest BCUT2D eigenvalue weighted by molar-refractivity contribution is -0.152. The van der Waals surface area contributed by atoms with Crippen LogP contribution >= 0.6 is 0 Å². The van der Waals surface area contributed by atoms with Gasteiger partial charge in [0.15, 0.2) is 0 Å². The SMILES string of the molecule is O=C(O)C1CCCCN1C(=O)CCCc1nc2ccccc2c(=O)[nH]1. The van der Waals surface area contributed by atoms with Crippen LogP contribution in [0.2, 0.25) is 0 Å². The van der Waals surface area contributed by atoms with Crippen LogP contribution in [0.5, 0.6) is 0 Å². The van der Waals surface area contributed by atoms with Crippen molar-refractivity contribution in [2.45, 2.75) is 44.6 Å². The summed E-state index contributed by atoms with van der Waals surface area (Å²) in [5.74, 6) is -0.534. The summed E-state index contributed by atoms with van der Waals surface area (Å²) in [6.07, 6.45) is 3.43. The van der Waals surface area contributed by atoms with Gasteiger partial charge in [-0.1, -0.05) is 12.1 Å². The highest BCUT2D eigenvalue weighted by Crippen LogP contribution is 2.19. The Hall–Kier alpha value is -2.70. The second-order valence-corrected chi connectivity index (χ2v) is 6.32. The molecule has 1 aliphatic heterocycles. The van der Waals surface area contributed by atoms with Gasteiger partial charge in [0.1, 0.15) is 11.9 Å². The topological polar surface area (TPSA) is 103 Å². The fraction of sp³-hybridized carbons (Fsp3) is 0.444. The van der Waals surface area contributed by atoms with Crippen molar-refractivity contribution in [3.05, 3.63) is 40.4 Å². The molecule has 0 aliphatic carbocycles. The molecule has 0 spiro atoms. The smallest absolute Gasteiger partial charge is 0.326 e. The van der Waals surface area contributed by atoms with Crippen molar-refractivity contribution in [2.75, 3.05) is 6.54 Å². The highest BCUT2D eigenvalue weighted by Gasteiger charge is 2.31. The third-order valence-corrected chi connectivity index (χ3v) is 4.57. The zero-order valence-corrected chi connectivity index (χ0v) is 13.9. The van der Waals surface area contributed by atoms with E-state index in [2.05, 4.69) is 9.97 Å². The molecule has 0 bridgehead atoms. The zero-order chi connectivity index (χ0) is 17.8. The third kappa shape index (κ3) is 3.87. The number of piperidine rings is 1. The number of aliphatic carboxylic acids is 1. The molecule has 2 N–H and O–H groups in total. The quantitative estimate of drug-likeness (QED) is 0.860. The number of benzene rings is 1. The number of aromatic nitrogens is 2. The van der Waals surface area contributed by atoms with Crippen molar-refractivity contribution >= 4 is 22.8 Å². The van der Waals surface area contributed by atoms with Crippen LogP contribution in [0.25, 0.3) is 10.9 Å². The van der Waals surface area contributed by atoms with Gasteiger partial charge in [0, 0.05) is 19.4 Å². The van der Waals surface area contributed by atoms with Crippen molar-refractivity contribution in [3.63, 3.8) is 0 Å². The molecule has 0 saturated carbocycles. The van der Waals surface area contributed by atoms with Crippen molar-refractivity contribution in [1.82, 2.24) is 14.9 Å². The molecule has 2 aromatic rings. The van der Waals surface area contributed by atoms with Crippen LogP contribution < -0.4 is 5.56 Å². The predicted molar refractivity (Wildman–Crippen MR) is 92.3 cm³/mol. The van der Waals surface area contributed by atoms with E-state index in [1.807, 2.05) is 6.07 Å². The maximum atomic E-state index is 12.4. The van der Waals surface area contributed by atoms with Gasteiger partial charge >= 0.3 is 5.97 Å². The lowest BCUT2D eigenvalue weighted by atomic mass is 10.0. The second kappa shape index (κ2) is 7.46. The lowest BCUT2D eigenvalue weighted by Crippen LogP contribution is -2.47. The Kier molecular flexibility index (Phi) is 5.11.